The molecule has 0 aliphatic carbocycles. The summed E-state index contributed by atoms with van der Waals surface area (Å²) in [6, 6.07) is 24.4. The van der Waals surface area contributed by atoms with E-state index in [0.29, 0.717) is 11.3 Å². The van der Waals surface area contributed by atoms with Crippen LogP contribution < -0.4 is 10.0 Å². The van der Waals surface area contributed by atoms with Gasteiger partial charge in [-0.05, 0) is 41.8 Å². The molecule has 0 saturated heterocycles. The lowest BCUT2D eigenvalue weighted by Gasteiger charge is -2.15. The maximum Gasteiger partial charge on any atom is 0.251 e. The van der Waals surface area contributed by atoms with Gasteiger partial charge in [-0.2, -0.15) is 0 Å². The van der Waals surface area contributed by atoms with E-state index < -0.39 is 10.0 Å². The Labute approximate surface area is 165 Å². The number of sulfonamides is 1. The van der Waals surface area contributed by atoms with Gasteiger partial charge in [0, 0.05) is 11.3 Å². The molecule has 0 spiro atoms. The Hall–Kier alpha value is -3.12. The second-order valence-electron chi connectivity index (χ2n) is 6.64. The minimum atomic E-state index is -3.39. The maximum atomic E-state index is 12.5. The van der Waals surface area contributed by atoms with Crippen LogP contribution in [0, 0.1) is 0 Å². The molecule has 0 bridgehead atoms. The van der Waals surface area contributed by atoms with E-state index in [0.717, 1.165) is 22.9 Å². The summed E-state index contributed by atoms with van der Waals surface area (Å²) in [7, 11) is -3.39. The van der Waals surface area contributed by atoms with E-state index in [2.05, 4.69) is 22.2 Å². The summed E-state index contributed by atoms with van der Waals surface area (Å²) in [6.07, 6.45) is 1.07. The van der Waals surface area contributed by atoms with Crippen LogP contribution in [-0.4, -0.2) is 20.6 Å². The van der Waals surface area contributed by atoms with E-state index in [9.17, 15) is 13.2 Å². The standard InChI is InChI=1S/C22H22N2O3S/c1-16(17-11-13-19(14-12-17)18-7-4-3-5-8-18)23-22(25)20-9-6-10-21(15-20)24-28(2,26)27/h3-16,24H,1-2H3,(H,23,25). The first kappa shape index (κ1) is 19.6. The number of carbonyl (C=O) groups is 1. The molecule has 2 N–H and O–H groups in total. The van der Waals surface area contributed by atoms with Gasteiger partial charge in [0.25, 0.3) is 5.91 Å². The minimum Gasteiger partial charge on any atom is -0.346 e. The average molecular weight is 394 g/mol. The lowest BCUT2D eigenvalue weighted by molar-refractivity contribution is 0.0940. The Morgan fingerprint density at radius 3 is 2.14 bits per heavy atom. The van der Waals surface area contributed by atoms with Gasteiger partial charge in [0.2, 0.25) is 10.0 Å². The molecule has 6 heteroatoms. The van der Waals surface area contributed by atoms with E-state index in [-0.39, 0.29) is 11.9 Å². The number of anilines is 1. The largest absolute Gasteiger partial charge is 0.346 e. The fourth-order valence-electron chi connectivity index (χ4n) is 2.90. The van der Waals surface area contributed by atoms with Crippen molar-refractivity contribution in [3.63, 3.8) is 0 Å². The monoisotopic (exact) mass is 394 g/mol. The summed E-state index contributed by atoms with van der Waals surface area (Å²) in [6.45, 7) is 1.91. The normalized spacial score (nSPS) is 12.2. The van der Waals surface area contributed by atoms with E-state index in [1.807, 2.05) is 49.4 Å². The smallest absolute Gasteiger partial charge is 0.251 e. The molecule has 3 aromatic rings. The minimum absolute atomic E-state index is 0.191. The van der Waals surface area contributed by atoms with Gasteiger partial charge in [0.1, 0.15) is 0 Å². The first-order valence-corrected chi connectivity index (χ1v) is 10.7. The fraction of sp³-hybridized carbons (Fsp3) is 0.136. The molecule has 0 aliphatic rings. The van der Waals surface area contributed by atoms with Crippen molar-refractivity contribution in [2.75, 3.05) is 11.0 Å². The summed E-state index contributed by atoms with van der Waals surface area (Å²) in [5.41, 5.74) is 3.98. The SMILES string of the molecule is CC(NC(=O)c1cccc(NS(C)(=O)=O)c1)c1ccc(-c2ccccc2)cc1. The summed E-state index contributed by atoms with van der Waals surface area (Å²) in [5, 5.41) is 2.95. The van der Waals surface area contributed by atoms with Crippen LogP contribution in [-0.2, 0) is 10.0 Å². The molecule has 1 unspecified atom stereocenters. The highest BCUT2D eigenvalue weighted by molar-refractivity contribution is 7.92. The van der Waals surface area contributed by atoms with Crippen molar-refractivity contribution in [2.45, 2.75) is 13.0 Å². The highest BCUT2D eigenvalue weighted by Crippen LogP contribution is 2.22. The molecule has 3 rings (SSSR count). The predicted octanol–water partition coefficient (Wildman–Crippen LogP) is 4.22. The van der Waals surface area contributed by atoms with E-state index in [1.165, 1.54) is 6.07 Å². The Morgan fingerprint density at radius 1 is 0.857 bits per heavy atom. The Balaban J connectivity index is 1.70. The second-order valence-corrected chi connectivity index (χ2v) is 8.39. The van der Waals surface area contributed by atoms with E-state index >= 15 is 0 Å². The molecule has 1 atom stereocenters. The number of amides is 1. The van der Waals surface area contributed by atoms with Crippen molar-refractivity contribution in [3.8, 4) is 11.1 Å². The zero-order valence-corrected chi connectivity index (χ0v) is 16.5. The summed E-state index contributed by atoms with van der Waals surface area (Å²) < 4.78 is 25.1. The number of hydrogen-bond acceptors (Lipinski definition) is 3. The van der Waals surface area contributed by atoms with Crippen LogP contribution in [0.4, 0.5) is 5.69 Å². The topological polar surface area (TPSA) is 75.3 Å². The Kier molecular flexibility index (Phi) is 5.80. The lowest BCUT2D eigenvalue weighted by atomic mass is 10.0. The molecule has 1 amide bonds. The summed E-state index contributed by atoms with van der Waals surface area (Å²) in [5.74, 6) is -0.267. The molecule has 0 radical (unpaired) electrons. The van der Waals surface area contributed by atoms with Crippen molar-refractivity contribution >= 4 is 21.6 Å². The van der Waals surface area contributed by atoms with Gasteiger partial charge in [-0.15, -0.1) is 0 Å². The molecule has 144 valence electrons. The highest BCUT2D eigenvalue weighted by atomic mass is 32.2. The third-order valence-corrected chi connectivity index (χ3v) is 4.90. The van der Waals surface area contributed by atoms with Crippen molar-refractivity contribution < 1.29 is 13.2 Å². The molecular weight excluding hydrogens is 372 g/mol. The highest BCUT2D eigenvalue weighted by Gasteiger charge is 2.13. The maximum absolute atomic E-state index is 12.5. The second kappa shape index (κ2) is 8.27. The van der Waals surface area contributed by atoms with Gasteiger partial charge < -0.3 is 5.32 Å². The molecule has 0 aromatic heterocycles. The van der Waals surface area contributed by atoms with E-state index in [4.69, 9.17) is 0 Å². The molecule has 5 nitrogen and oxygen atoms in total. The summed E-state index contributed by atoms with van der Waals surface area (Å²) >= 11 is 0. The first-order chi connectivity index (χ1) is 13.3. The number of hydrogen-bond donors (Lipinski definition) is 2. The van der Waals surface area contributed by atoms with Gasteiger partial charge in [-0.25, -0.2) is 8.42 Å². The number of rotatable bonds is 6. The van der Waals surface area contributed by atoms with Crippen LogP contribution in [0.25, 0.3) is 11.1 Å². The summed E-state index contributed by atoms with van der Waals surface area (Å²) in [4.78, 5) is 12.5. The van der Waals surface area contributed by atoms with Crippen LogP contribution in [0.5, 0.6) is 0 Å². The zero-order valence-electron chi connectivity index (χ0n) is 15.7. The molecule has 3 aromatic carbocycles. The Morgan fingerprint density at radius 2 is 1.50 bits per heavy atom. The van der Waals surface area contributed by atoms with Crippen LogP contribution in [0.1, 0.15) is 28.9 Å². The molecule has 0 fully saturated rings. The van der Waals surface area contributed by atoms with Gasteiger partial charge in [0.15, 0.2) is 0 Å². The van der Waals surface area contributed by atoms with Crippen LogP contribution >= 0.6 is 0 Å². The lowest BCUT2D eigenvalue weighted by Crippen LogP contribution is -2.26. The van der Waals surface area contributed by atoms with Gasteiger partial charge in [-0.1, -0.05) is 60.7 Å². The fourth-order valence-corrected chi connectivity index (χ4v) is 3.45. The van der Waals surface area contributed by atoms with Crippen molar-refractivity contribution in [1.82, 2.24) is 5.32 Å². The van der Waals surface area contributed by atoms with Gasteiger partial charge in [-0.3, -0.25) is 9.52 Å². The van der Waals surface area contributed by atoms with Crippen LogP contribution in [0.3, 0.4) is 0 Å². The van der Waals surface area contributed by atoms with Crippen molar-refractivity contribution in [2.24, 2.45) is 0 Å². The zero-order chi connectivity index (χ0) is 20.1. The predicted molar refractivity (Wildman–Crippen MR) is 113 cm³/mol. The van der Waals surface area contributed by atoms with Crippen molar-refractivity contribution in [3.05, 3.63) is 90.0 Å². The third kappa shape index (κ3) is 5.20. The van der Waals surface area contributed by atoms with Gasteiger partial charge in [0.05, 0.1) is 12.3 Å². The molecule has 0 heterocycles. The van der Waals surface area contributed by atoms with Crippen LogP contribution in [0.2, 0.25) is 0 Å². The average Bonchev–Trinajstić information content (AvgIpc) is 2.67. The van der Waals surface area contributed by atoms with Crippen LogP contribution in [0.15, 0.2) is 78.9 Å². The number of carbonyl (C=O) groups excluding carboxylic acids is 1. The number of benzene rings is 3. The quantitative estimate of drug-likeness (QED) is 0.657. The molecule has 28 heavy (non-hydrogen) atoms. The number of nitrogens with one attached hydrogen (secondary N) is 2. The third-order valence-electron chi connectivity index (χ3n) is 4.29. The first-order valence-electron chi connectivity index (χ1n) is 8.86. The Bertz CT molecular complexity index is 1060. The van der Waals surface area contributed by atoms with E-state index in [1.54, 1.807) is 18.2 Å². The van der Waals surface area contributed by atoms with Gasteiger partial charge >= 0.3 is 0 Å². The van der Waals surface area contributed by atoms with Crippen molar-refractivity contribution in [1.29, 1.82) is 0 Å². The molecular formula is C22H22N2O3S. The molecule has 0 saturated carbocycles. The molecule has 0 aliphatic heterocycles.